The number of benzene rings is 2. The van der Waals surface area contributed by atoms with E-state index >= 15 is 0 Å². The topological polar surface area (TPSA) is 116 Å². The molecule has 0 fully saturated rings. The van der Waals surface area contributed by atoms with Crippen molar-refractivity contribution in [2.75, 3.05) is 11.8 Å². The number of hydrogen-bond donors (Lipinski definition) is 1. The van der Waals surface area contributed by atoms with Crippen molar-refractivity contribution < 1.29 is 17.9 Å². The fourth-order valence-corrected chi connectivity index (χ4v) is 4.61. The first kappa shape index (κ1) is 25.1. The smallest absolute Gasteiger partial charge is 0.259 e. The third kappa shape index (κ3) is 5.78. The van der Waals surface area contributed by atoms with E-state index < -0.39 is 10.0 Å². The van der Waals surface area contributed by atoms with Crippen LogP contribution in [0.4, 0.5) is 5.82 Å². The molecular formula is C25H22ClN5O4S. The molecule has 184 valence electrons. The molecule has 2 heterocycles. The van der Waals surface area contributed by atoms with Gasteiger partial charge in [0, 0.05) is 12.4 Å². The second kappa shape index (κ2) is 11.1. The van der Waals surface area contributed by atoms with Gasteiger partial charge in [0.05, 0.1) is 12.0 Å². The molecule has 4 aromatic rings. The maximum Gasteiger partial charge on any atom is 0.259 e. The minimum absolute atomic E-state index is 0.0239. The van der Waals surface area contributed by atoms with Crippen LogP contribution in [0.5, 0.6) is 17.2 Å². The molecule has 0 aliphatic carbocycles. The fraction of sp³-hybridized carbons (Fsp3) is 0.120. The molecule has 36 heavy (non-hydrogen) atoms. The van der Waals surface area contributed by atoms with E-state index in [-0.39, 0.29) is 39.7 Å². The van der Waals surface area contributed by atoms with Crippen molar-refractivity contribution in [3.05, 3.63) is 88.7 Å². The Kier molecular flexibility index (Phi) is 7.77. The number of allylic oxidation sites excluding steroid dienone is 1. The van der Waals surface area contributed by atoms with Crippen molar-refractivity contribution in [3.63, 3.8) is 0 Å². The molecule has 9 nitrogen and oxygen atoms in total. The summed E-state index contributed by atoms with van der Waals surface area (Å²) in [5.74, 6) is 0.631. The van der Waals surface area contributed by atoms with Gasteiger partial charge in [-0.1, -0.05) is 61.0 Å². The maximum absolute atomic E-state index is 13.4. The minimum Gasteiger partial charge on any atom is -0.493 e. The summed E-state index contributed by atoms with van der Waals surface area (Å²) in [5.41, 5.74) is 0.740. The highest BCUT2D eigenvalue weighted by Crippen LogP contribution is 2.39. The summed E-state index contributed by atoms with van der Waals surface area (Å²) in [6.07, 6.45) is 4.86. The Bertz CT molecular complexity index is 1480. The molecule has 1 N–H and O–H groups in total. The van der Waals surface area contributed by atoms with Crippen LogP contribution in [0, 0.1) is 0 Å². The van der Waals surface area contributed by atoms with Crippen molar-refractivity contribution in [2.24, 2.45) is 0 Å². The van der Waals surface area contributed by atoms with E-state index in [9.17, 15) is 8.42 Å². The van der Waals surface area contributed by atoms with Gasteiger partial charge >= 0.3 is 0 Å². The standard InChI is InChI=1S/C25H22ClN5O4S/c1-3-18(16-17-10-5-4-6-11-17)36(32,33)31-23-21(35-20-13-8-7-12-19(20)34-2)22(26)29-25(30-23)24-27-14-9-15-28-24/h4-16H,3H2,1-2H3,(H,29,30,31). The van der Waals surface area contributed by atoms with E-state index in [0.29, 0.717) is 11.5 Å². The number of nitrogens with zero attached hydrogens (tertiary/aromatic N) is 4. The molecule has 11 heteroatoms. The van der Waals surface area contributed by atoms with E-state index in [1.807, 2.05) is 30.3 Å². The van der Waals surface area contributed by atoms with Gasteiger partial charge in [0.15, 0.2) is 28.3 Å². The largest absolute Gasteiger partial charge is 0.493 e. The Balaban J connectivity index is 1.81. The van der Waals surface area contributed by atoms with Crippen molar-refractivity contribution >= 4 is 33.5 Å². The van der Waals surface area contributed by atoms with Gasteiger partial charge in [0.1, 0.15) is 0 Å². The molecule has 0 atom stereocenters. The Labute approximate surface area is 213 Å². The molecule has 0 aliphatic heterocycles. The van der Waals surface area contributed by atoms with Gasteiger partial charge < -0.3 is 9.47 Å². The lowest BCUT2D eigenvalue weighted by Gasteiger charge is -2.16. The highest BCUT2D eigenvalue weighted by atomic mass is 35.5. The van der Waals surface area contributed by atoms with E-state index in [0.717, 1.165) is 5.56 Å². The number of sulfonamides is 1. The van der Waals surface area contributed by atoms with Crippen LogP contribution < -0.4 is 14.2 Å². The lowest BCUT2D eigenvalue weighted by Crippen LogP contribution is -2.17. The number of rotatable bonds is 9. The summed E-state index contributed by atoms with van der Waals surface area (Å²) in [5, 5.41) is -0.138. The van der Waals surface area contributed by atoms with Crippen LogP contribution in [0.1, 0.15) is 18.9 Å². The molecule has 0 saturated heterocycles. The number of para-hydroxylation sites is 2. The number of hydrogen-bond acceptors (Lipinski definition) is 8. The normalized spacial score (nSPS) is 11.7. The Morgan fingerprint density at radius 1 is 0.944 bits per heavy atom. The molecule has 2 aromatic heterocycles. The highest BCUT2D eigenvalue weighted by Gasteiger charge is 2.25. The number of methoxy groups -OCH3 is 1. The van der Waals surface area contributed by atoms with Gasteiger partial charge in [0.25, 0.3) is 10.0 Å². The zero-order valence-corrected chi connectivity index (χ0v) is 21.0. The average Bonchev–Trinajstić information content (AvgIpc) is 2.90. The van der Waals surface area contributed by atoms with Gasteiger partial charge in [-0.3, -0.25) is 4.72 Å². The highest BCUT2D eigenvalue weighted by molar-refractivity contribution is 7.96. The SMILES string of the molecule is CCC(=Cc1ccccc1)S(=O)(=O)Nc1nc(-c2ncccn2)nc(Cl)c1Oc1ccccc1OC. The van der Waals surface area contributed by atoms with E-state index in [1.165, 1.54) is 19.5 Å². The average molecular weight is 524 g/mol. The first-order chi connectivity index (χ1) is 17.4. The second-order valence-electron chi connectivity index (χ2n) is 7.32. The van der Waals surface area contributed by atoms with Crippen LogP contribution in [0.15, 0.2) is 78.0 Å². The van der Waals surface area contributed by atoms with Crippen molar-refractivity contribution in [1.29, 1.82) is 0 Å². The summed E-state index contributed by atoms with van der Waals surface area (Å²) in [4.78, 5) is 17.0. The van der Waals surface area contributed by atoms with Gasteiger partial charge in [-0.05, 0) is 36.3 Å². The third-order valence-corrected chi connectivity index (χ3v) is 6.74. The number of anilines is 1. The first-order valence-electron chi connectivity index (χ1n) is 10.9. The number of aromatic nitrogens is 4. The predicted octanol–water partition coefficient (Wildman–Crippen LogP) is 5.58. The summed E-state index contributed by atoms with van der Waals surface area (Å²) in [6.45, 7) is 1.75. The lowest BCUT2D eigenvalue weighted by atomic mass is 10.2. The first-order valence-corrected chi connectivity index (χ1v) is 12.7. The molecule has 0 aliphatic rings. The summed E-state index contributed by atoms with van der Waals surface area (Å²) in [7, 11) is -2.57. The number of halogens is 1. The van der Waals surface area contributed by atoms with Crippen LogP contribution >= 0.6 is 11.6 Å². The van der Waals surface area contributed by atoms with Gasteiger partial charge in [-0.15, -0.1) is 0 Å². The molecule has 0 saturated carbocycles. The minimum atomic E-state index is -4.06. The van der Waals surface area contributed by atoms with Crippen LogP contribution in [-0.2, 0) is 10.0 Å². The van der Waals surface area contributed by atoms with E-state index in [1.54, 1.807) is 43.3 Å². The van der Waals surface area contributed by atoms with E-state index in [4.69, 9.17) is 21.1 Å². The summed E-state index contributed by atoms with van der Waals surface area (Å²) < 4.78 is 40.7. The molecular weight excluding hydrogens is 502 g/mol. The molecule has 2 aromatic carbocycles. The molecule has 0 bridgehead atoms. The van der Waals surface area contributed by atoms with Gasteiger partial charge in [-0.25, -0.2) is 28.4 Å². The zero-order chi connectivity index (χ0) is 25.5. The molecule has 4 rings (SSSR count). The van der Waals surface area contributed by atoms with E-state index in [2.05, 4.69) is 24.7 Å². The molecule has 0 unspecified atom stereocenters. The lowest BCUT2D eigenvalue weighted by molar-refractivity contribution is 0.378. The van der Waals surface area contributed by atoms with Crippen LogP contribution in [0.25, 0.3) is 17.7 Å². The number of nitrogens with one attached hydrogen (secondary N) is 1. The summed E-state index contributed by atoms with van der Waals surface area (Å²) >= 11 is 6.48. The van der Waals surface area contributed by atoms with Crippen molar-refractivity contribution in [1.82, 2.24) is 19.9 Å². The second-order valence-corrected chi connectivity index (χ2v) is 9.41. The van der Waals surface area contributed by atoms with Crippen LogP contribution in [0.2, 0.25) is 5.15 Å². The Morgan fingerprint density at radius 3 is 2.28 bits per heavy atom. The van der Waals surface area contributed by atoms with Crippen LogP contribution in [-0.4, -0.2) is 35.5 Å². The predicted molar refractivity (Wildman–Crippen MR) is 138 cm³/mol. The van der Waals surface area contributed by atoms with Crippen molar-refractivity contribution in [3.8, 4) is 28.9 Å². The van der Waals surface area contributed by atoms with Crippen molar-refractivity contribution in [2.45, 2.75) is 13.3 Å². The maximum atomic E-state index is 13.4. The van der Waals surface area contributed by atoms with Gasteiger partial charge in [-0.2, -0.15) is 0 Å². The fourth-order valence-electron chi connectivity index (χ4n) is 3.21. The Morgan fingerprint density at radius 2 is 1.61 bits per heavy atom. The van der Waals surface area contributed by atoms with Crippen LogP contribution in [0.3, 0.4) is 0 Å². The van der Waals surface area contributed by atoms with Gasteiger partial charge in [0.2, 0.25) is 11.6 Å². The Hall–Kier alpha value is -4.02. The third-order valence-electron chi connectivity index (χ3n) is 4.92. The molecule has 0 spiro atoms. The monoisotopic (exact) mass is 523 g/mol. The molecule has 0 radical (unpaired) electrons. The number of ether oxygens (including phenoxy) is 2. The summed E-state index contributed by atoms with van der Waals surface area (Å²) in [6, 6.07) is 17.6. The zero-order valence-electron chi connectivity index (χ0n) is 19.4. The molecule has 0 amide bonds. The quantitative estimate of drug-likeness (QED) is 0.282.